The van der Waals surface area contributed by atoms with E-state index in [2.05, 4.69) is 40.9 Å². The average Bonchev–Trinajstić information content (AvgIpc) is 2.38. The Bertz CT molecular complexity index is 270. The van der Waals surface area contributed by atoms with E-state index in [1.54, 1.807) is 26.0 Å². The standard InChI is InChI=1S/2C10H20O.K.H/c2*1-5-10(4,11)8-6-7-9(2)3;;/h2*5,9,11H,1,6-8H2,2-4H3;;/q;;+1;-1. The molecule has 0 aliphatic carbocycles. The van der Waals surface area contributed by atoms with Crippen molar-refractivity contribution in [2.24, 2.45) is 11.8 Å². The zero-order valence-electron chi connectivity index (χ0n) is 17.9. The SMILES string of the molecule is C=CC(C)(O)CCCC(C)C.C=CC(C)(O)CCCC(C)C.[H-].[K+]. The summed E-state index contributed by atoms with van der Waals surface area (Å²) < 4.78 is 0. The van der Waals surface area contributed by atoms with Gasteiger partial charge >= 0.3 is 51.4 Å². The predicted octanol–water partition coefficient (Wildman–Crippen LogP) is 2.62. The summed E-state index contributed by atoms with van der Waals surface area (Å²) in [6.07, 6.45) is 9.42. The number of hydrogen-bond donors (Lipinski definition) is 2. The molecular formula is C20H41KO2. The minimum absolute atomic E-state index is 0. The normalized spacial score (nSPS) is 15.7. The zero-order valence-corrected chi connectivity index (χ0v) is 20.0. The van der Waals surface area contributed by atoms with Crippen LogP contribution >= 0.6 is 0 Å². The van der Waals surface area contributed by atoms with Crippen molar-refractivity contribution in [3.63, 3.8) is 0 Å². The minimum Gasteiger partial charge on any atom is -1.00 e. The molecule has 2 unspecified atom stereocenters. The molecule has 0 heterocycles. The fourth-order valence-corrected chi connectivity index (χ4v) is 1.94. The molecule has 0 saturated carbocycles. The molecule has 0 spiro atoms. The molecule has 0 amide bonds. The molecule has 0 aromatic heterocycles. The maximum atomic E-state index is 9.52. The maximum Gasteiger partial charge on any atom is 1.00 e. The molecular weight excluding hydrogens is 311 g/mol. The second-order valence-corrected chi connectivity index (χ2v) is 7.69. The van der Waals surface area contributed by atoms with Crippen LogP contribution in [0.1, 0.15) is 81.5 Å². The summed E-state index contributed by atoms with van der Waals surface area (Å²) in [5.74, 6) is 1.46. The first-order valence-corrected chi connectivity index (χ1v) is 8.67. The summed E-state index contributed by atoms with van der Waals surface area (Å²) in [5, 5.41) is 19.0. The van der Waals surface area contributed by atoms with Gasteiger partial charge in [-0.3, -0.25) is 0 Å². The van der Waals surface area contributed by atoms with Crippen molar-refractivity contribution in [2.45, 2.75) is 91.3 Å². The molecule has 0 saturated heterocycles. The van der Waals surface area contributed by atoms with Crippen molar-refractivity contribution in [1.82, 2.24) is 0 Å². The van der Waals surface area contributed by atoms with Gasteiger partial charge in [0.1, 0.15) is 0 Å². The predicted molar refractivity (Wildman–Crippen MR) is 100 cm³/mol. The van der Waals surface area contributed by atoms with E-state index in [0.717, 1.165) is 37.5 Å². The molecule has 2 N–H and O–H groups in total. The van der Waals surface area contributed by atoms with Crippen molar-refractivity contribution in [3.8, 4) is 0 Å². The minimum atomic E-state index is -0.658. The van der Waals surface area contributed by atoms with Gasteiger partial charge in [0, 0.05) is 0 Å². The summed E-state index contributed by atoms with van der Waals surface area (Å²) in [5.41, 5.74) is -1.32. The second-order valence-electron chi connectivity index (χ2n) is 7.69. The van der Waals surface area contributed by atoms with Crippen LogP contribution in [0, 0.1) is 11.8 Å². The van der Waals surface area contributed by atoms with Gasteiger partial charge in [-0.25, -0.2) is 0 Å². The van der Waals surface area contributed by atoms with Crippen molar-refractivity contribution < 1.29 is 63.0 Å². The first-order valence-electron chi connectivity index (χ1n) is 8.67. The molecule has 2 atom stereocenters. The summed E-state index contributed by atoms with van der Waals surface area (Å²) in [6, 6.07) is 0. The van der Waals surface area contributed by atoms with Gasteiger partial charge in [0.2, 0.25) is 0 Å². The van der Waals surface area contributed by atoms with Crippen molar-refractivity contribution >= 4 is 0 Å². The fourth-order valence-electron chi connectivity index (χ4n) is 1.94. The molecule has 0 rings (SSSR count). The van der Waals surface area contributed by atoms with Gasteiger partial charge in [-0.2, -0.15) is 0 Å². The third-order valence-corrected chi connectivity index (χ3v) is 3.81. The molecule has 0 bridgehead atoms. The summed E-state index contributed by atoms with van der Waals surface area (Å²) in [7, 11) is 0. The van der Waals surface area contributed by atoms with Crippen LogP contribution in [0.2, 0.25) is 0 Å². The van der Waals surface area contributed by atoms with Gasteiger partial charge in [-0.1, -0.05) is 65.5 Å². The zero-order chi connectivity index (χ0) is 17.8. The molecule has 2 nitrogen and oxygen atoms in total. The Balaban J connectivity index is -0.000000154. The van der Waals surface area contributed by atoms with Crippen molar-refractivity contribution in [2.75, 3.05) is 0 Å². The van der Waals surface area contributed by atoms with Crippen molar-refractivity contribution in [1.29, 1.82) is 0 Å². The Morgan fingerprint density at radius 3 is 1.26 bits per heavy atom. The molecule has 3 heteroatoms. The van der Waals surface area contributed by atoms with E-state index in [9.17, 15) is 10.2 Å². The molecule has 0 aromatic carbocycles. The van der Waals surface area contributed by atoms with E-state index in [1.807, 2.05) is 0 Å². The Labute approximate surface area is 189 Å². The number of aliphatic hydroxyl groups is 2. The molecule has 0 radical (unpaired) electrons. The van der Waals surface area contributed by atoms with Crippen LogP contribution in [-0.4, -0.2) is 21.4 Å². The quantitative estimate of drug-likeness (QED) is 0.469. The van der Waals surface area contributed by atoms with Gasteiger partial charge < -0.3 is 11.6 Å². The monoisotopic (exact) mass is 352 g/mol. The molecule has 0 aliphatic rings. The van der Waals surface area contributed by atoms with Crippen LogP contribution in [0.25, 0.3) is 0 Å². The Kier molecular flexibility index (Phi) is 19.2. The van der Waals surface area contributed by atoms with Gasteiger partial charge in [-0.15, -0.1) is 13.2 Å². The van der Waals surface area contributed by atoms with E-state index >= 15 is 0 Å². The third-order valence-electron chi connectivity index (χ3n) is 3.81. The first-order chi connectivity index (χ1) is 9.95. The summed E-state index contributed by atoms with van der Waals surface area (Å²) in [6.45, 7) is 19.6. The molecule has 134 valence electrons. The Morgan fingerprint density at radius 1 is 0.826 bits per heavy atom. The maximum absolute atomic E-state index is 9.52. The van der Waals surface area contributed by atoms with E-state index in [4.69, 9.17) is 0 Å². The largest absolute Gasteiger partial charge is 1.00 e. The van der Waals surface area contributed by atoms with Crippen LogP contribution < -0.4 is 51.4 Å². The van der Waals surface area contributed by atoms with Crippen LogP contribution in [0.3, 0.4) is 0 Å². The fraction of sp³-hybridized carbons (Fsp3) is 0.800. The summed E-state index contributed by atoms with van der Waals surface area (Å²) >= 11 is 0. The van der Waals surface area contributed by atoms with Gasteiger partial charge in [-0.05, 0) is 38.5 Å². The Hall–Kier alpha value is 1.04. The summed E-state index contributed by atoms with van der Waals surface area (Å²) in [4.78, 5) is 0. The van der Waals surface area contributed by atoms with Crippen LogP contribution in [0.4, 0.5) is 0 Å². The average molecular weight is 353 g/mol. The number of hydrogen-bond acceptors (Lipinski definition) is 2. The van der Waals surface area contributed by atoms with Gasteiger partial charge in [0.25, 0.3) is 0 Å². The molecule has 0 fully saturated rings. The first kappa shape index (κ1) is 28.8. The van der Waals surface area contributed by atoms with Crippen LogP contribution in [0.15, 0.2) is 25.3 Å². The van der Waals surface area contributed by atoms with Gasteiger partial charge in [0.15, 0.2) is 0 Å². The third kappa shape index (κ3) is 23.0. The molecule has 0 aromatic rings. The number of rotatable bonds is 10. The second kappa shape index (κ2) is 15.3. The van der Waals surface area contributed by atoms with Crippen LogP contribution in [0.5, 0.6) is 0 Å². The van der Waals surface area contributed by atoms with E-state index in [-0.39, 0.29) is 52.8 Å². The molecule has 23 heavy (non-hydrogen) atoms. The smallest absolute Gasteiger partial charge is 1.00 e. The Morgan fingerprint density at radius 2 is 1.09 bits per heavy atom. The van der Waals surface area contributed by atoms with E-state index in [1.165, 1.54) is 12.8 Å². The van der Waals surface area contributed by atoms with Crippen molar-refractivity contribution in [3.05, 3.63) is 25.3 Å². The van der Waals surface area contributed by atoms with E-state index < -0.39 is 11.2 Å². The molecule has 0 aliphatic heterocycles. The van der Waals surface area contributed by atoms with E-state index in [0.29, 0.717) is 0 Å². The van der Waals surface area contributed by atoms with Gasteiger partial charge in [0.05, 0.1) is 11.2 Å². The topological polar surface area (TPSA) is 40.5 Å². The van der Waals surface area contributed by atoms with Crippen LogP contribution in [-0.2, 0) is 0 Å².